The molecule has 0 bridgehead atoms. The topological polar surface area (TPSA) is 52.3 Å². The zero-order chi connectivity index (χ0) is 13.1. The van der Waals surface area contributed by atoms with Gasteiger partial charge in [-0.15, -0.1) is 0 Å². The summed E-state index contributed by atoms with van der Waals surface area (Å²) in [5.41, 5.74) is 7.20. The number of ketones is 1. The van der Waals surface area contributed by atoms with Gasteiger partial charge in [-0.3, -0.25) is 4.79 Å². The zero-order valence-electron chi connectivity index (χ0n) is 9.81. The van der Waals surface area contributed by atoms with Crippen molar-refractivity contribution in [2.45, 2.75) is 0 Å². The molecular formula is C14H12ClNO2. The first kappa shape index (κ1) is 12.5. The lowest BCUT2D eigenvalue weighted by Gasteiger charge is -2.06. The van der Waals surface area contributed by atoms with Gasteiger partial charge in [0.1, 0.15) is 5.75 Å². The van der Waals surface area contributed by atoms with E-state index in [1.807, 2.05) is 0 Å². The normalized spacial score (nSPS) is 10.1. The van der Waals surface area contributed by atoms with Gasteiger partial charge in [0.15, 0.2) is 5.78 Å². The Kier molecular flexibility index (Phi) is 3.53. The number of nitrogen functional groups attached to an aromatic ring is 1. The summed E-state index contributed by atoms with van der Waals surface area (Å²) in [4.78, 5) is 12.2. The van der Waals surface area contributed by atoms with Crippen molar-refractivity contribution in [2.75, 3.05) is 12.8 Å². The second kappa shape index (κ2) is 5.10. The average Bonchev–Trinajstić information content (AvgIpc) is 2.38. The van der Waals surface area contributed by atoms with Gasteiger partial charge in [0.2, 0.25) is 0 Å². The van der Waals surface area contributed by atoms with Gasteiger partial charge in [-0.05, 0) is 42.5 Å². The van der Waals surface area contributed by atoms with Crippen LogP contribution >= 0.6 is 11.6 Å². The molecule has 3 nitrogen and oxygen atoms in total. The summed E-state index contributed by atoms with van der Waals surface area (Å²) in [7, 11) is 1.55. The number of nitrogens with two attached hydrogens (primary N) is 1. The highest BCUT2D eigenvalue weighted by molar-refractivity contribution is 6.35. The third kappa shape index (κ3) is 2.46. The summed E-state index contributed by atoms with van der Waals surface area (Å²) in [6, 6.07) is 11.7. The van der Waals surface area contributed by atoms with E-state index in [0.717, 1.165) is 0 Å². The maximum atomic E-state index is 12.2. The maximum Gasteiger partial charge on any atom is 0.194 e. The molecule has 0 aliphatic rings. The molecule has 0 aliphatic heterocycles. The summed E-state index contributed by atoms with van der Waals surface area (Å²) in [5.74, 6) is 0.483. The SMILES string of the molecule is COc1ccc(C(=O)c2ccc(N)cc2)c(Cl)c1. The smallest absolute Gasteiger partial charge is 0.194 e. The van der Waals surface area contributed by atoms with Gasteiger partial charge in [0.05, 0.1) is 12.1 Å². The van der Waals surface area contributed by atoms with Gasteiger partial charge < -0.3 is 10.5 Å². The van der Waals surface area contributed by atoms with Crippen molar-refractivity contribution in [1.29, 1.82) is 0 Å². The van der Waals surface area contributed by atoms with Gasteiger partial charge in [-0.1, -0.05) is 11.6 Å². The molecule has 0 fully saturated rings. The quantitative estimate of drug-likeness (QED) is 0.682. The maximum absolute atomic E-state index is 12.2. The minimum atomic E-state index is -0.136. The molecule has 0 saturated heterocycles. The van der Waals surface area contributed by atoms with E-state index < -0.39 is 0 Å². The van der Waals surface area contributed by atoms with Crippen molar-refractivity contribution in [2.24, 2.45) is 0 Å². The molecule has 18 heavy (non-hydrogen) atoms. The Morgan fingerprint density at radius 2 is 1.83 bits per heavy atom. The summed E-state index contributed by atoms with van der Waals surface area (Å²) in [6.45, 7) is 0. The van der Waals surface area contributed by atoms with Crippen LogP contribution in [0.3, 0.4) is 0 Å². The van der Waals surface area contributed by atoms with Crippen LogP contribution in [0.25, 0.3) is 0 Å². The monoisotopic (exact) mass is 261 g/mol. The molecule has 0 radical (unpaired) electrons. The average molecular weight is 262 g/mol. The van der Waals surface area contributed by atoms with Gasteiger partial charge >= 0.3 is 0 Å². The van der Waals surface area contributed by atoms with E-state index in [1.54, 1.807) is 49.6 Å². The molecular weight excluding hydrogens is 250 g/mol. The molecule has 0 heterocycles. The highest BCUT2D eigenvalue weighted by Crippen LogP contribution is 2.24. The number of halogens is 1. The predicted molar refractivity (Wildman–Crippen MR) is 72.3 cm³/mol. The van der Waals surface area contributed by atoms with Gasteiger partial charge in [-0.2, -0.15) is 0 Å². The van der Waals surface area contributed by atoms with Gasteiger partial charge in [0.25, 0.3) is 0 Å². The van der Waals surface area contributed by atoms with E-state index in [9.17, 15) is 4.79 Å². The lowest BCUT2D eigenvalue weighted by atomic mass is 10.0. The molecule has 0 amide bonds. The lowest BCUT2D eigenvalue weighted by Crippen LogP contribution is -2.02. The number of carbonyl (C=O) groups excluding carboxylic acids is 1. The summed E-state index contributed by atoms with van der Waals surface area (Å²) in [6.07, 6.45) is 0. The fraction of sp³-hybridized carbons (Fsp3) is 0.0714. The van der Waals surface area contributed by atoms with E-state index in [4.69, 9.17) is 22.1 Å². The molecule has 2 N–H and O–H groups in total. The predicted octanol–water partition coefficient (Wildman–Crippen LogP) is 3.16. The van der Waals surface area contributed by atoms with Crippen molar-refractivity contribution in [3.8, 4) is 5.75 Å². The second-order valence-corrected chi connectivity index (χ2v) is 4.20. The first-order valence-electron chi connectivity index (χ1n) is 5.35. The zero-order valence-corrected chi connectivity index (χ0v) is 10.6. The van der Waals surface area contributed by atoms with Crippen molar-refractivity contribution in [3.63, 3.8) is 0 Å². The van der Waals surface area contributed by atoms with Crippen molar-refractivity contribution < 1.29 is 9.53 Å². The highest BCUT2D eigenvalue weighted by atomic mass is 35.5. The van der Waals surface area contributed by atoms with Gasteiger partial charge in [0, 0.05) is 16.8 Å². The molecule has 0 aromatic heterocycles. The van der Waals surface area contributed by atoms with E-state index >= 15 is 0 Å². The number of ether oxygens (including phenoxy) is 1. The summed E-state index contributed by atoms with van der Waals surface area (Å²) >= 11 is 6.06. The Balaban J connectivity index is 2.37. The van der Waals surface area contributed by atoms with E-state index in [0.29, 0.717) is 27.6 Å². The third-order valence-corrected chi connectivity index (χ3v) is 2.91. The Labute approximate surface area is 110 Å². The number of methoxy groups -OCH3 is 1. The molecule has 0 atom stereocenters. The van der Waals surface area contributed by atoms with Crippen LogP contribution in [0.4, 0.5) is 5.69 Å². The highest BCUT2D eigenvalue weighted by Gasteiger charge is 2.13. The minimum Gasteiger partial charge on any atom is -0.497 e. The van der Waals surface area contributed by atoms with Crippen LogP contribution in [-0.2, 0) is 0 Å². The Bertz CT molecular complexity index is 579. The third-order valence-electron chi connectivity index (χ3n) is 2.59. The number of carbonyl (C=O) groups is 1. The number of rotatable bonds is 3. The molecule has 0 saturated carbocycles. The van der Waals surface area contributed by atoms with E-state index in [-0.39, 0.29) is 5.78 Å². The molecule has 4 heteroatoms. The number of anilines is 1. The van der Waals surface area contributed by atoms with E-state index in [1.165, 1.54) is 0 Å². The fourth-order valence-corrected chi connectivity index (χ4v) is 1.85. The van der Waals surface area contributed by atoms with Crippen LogP contribution in [0.15, 0.2) is 42.5 Å². The summed E-state index contributed by atoms with van der Waals surface area (Å²) < 4.78 is 5.04. The number of hydrogen-bond donors (Lipinski definition) is 1. The van der Waals surface area contributed by atoms with E-state index in [2.05, 4.69) is 0 Å². The van der Waals surface area contributed by atoms with Crippen LogP contribution in [0.2, 0.25) is 5.02 Å². The molecule has 2 aromatic carbocycles. The van der Waals surface area contributed by atoms with Gasteiger partial charge in [-0.25, -0.2) is 0 Å². The molecule has 0 aliphatic carbocycles. The number of hydrogen-bond acceptors (Lipinski definition) is 3. The molecule has 92 valence electrons. The largest absolute Gasteiger partial charge is 0.497 e. The second-order valence-electron chi connectivity index (χ2n) is 3.80. The Morgan fingerprint density at radius 1 is 1.17 bits per heavy atom. The number of benzene rings is 2. The minimum absolute atomic E-state index is 0.136. The van der Waals surface area contributed by atoms with Crippen LogP contribution in [0.5, 0.6) is 5.75 Å². The fourth-order valence-electron chi connectivity index (χ4n) is 1.60. The summed E-state index contributed by atoms with van der Waals surface area (Å²) in [5, 5.41) is 0.371. The lowest BCUT2D eigenvalue weighted by molar-refractivity contribution is 0.103. The Hall–Kier alpha value is -2.00. The van der Waals surface area contributed by atoms with Crippen LogP contribution in [0, 0.1) is 0 Å². The first-order valence-corrected chi connectivity index (χ1v) is 5.73. The standard InChI is InChI=1S/C14H12ClNO2/c1-18-11-6-7-12(13(15)8-11)14(17)9-2-4-10(16)5-3-9/h2-8H,16H2,1H3. The molecule has 0 spiro atoms. The Morgan fingerprint density at radius 3 is 2.39 bits per heavy atom. The van der Waals surface area contributed by atoms with Crippen LogP contribution < -0.4 is 10.5 Å². The molecule has 0 unspecified atom stereocenters. The molecule has 2 aromatic rings. The van der Waals surface area contributed by atoms with Crippen LogP contribution in [0.1, 0.15) is 15.9 Å². The van der Waals surface area contributed by atoms with Crippen molar-refractivity contribution in [1.82, 2.24) is 0 Å². The van der Waals surface area contributed by atoms with Crippen molar-refractivity contribution in [3.05, 3.63) is 58.6 Å². The first-order chi connectivity index (χ1) is 8.61. The molecule has 2 rings (SSSR count). The van der Waals surface area contributed by atoms with Crippen molar-refractivity contribution >= 4 is 23.1 Å². The van der Waals surface area contributed by atoms with Crippen LogP contribution in [-0.4, -0.2) is 12.9 Å².